The molecular formula is C25H35FN4O3. The van der Waals surface area contributed by atoms with Gasteiger partial charge in [-0.05, 0) is 76.6 Å². The van der Waals surface area contributed by atoms with Gasteiger partial charge in [0.05, 0.1) is 31.1 Å². The number of ether oxygens (including phenoxy) is 3. The largest absolute Gasteiger partial charge is 0.475 e. The van der Waals surface area contributed by atoms with E-state index in [1.807, 2.05) is 19.1 Å². The Morgan fingerprint density at radius 3 is 2.45 bits per heavy atom. The molecule has 0 bridgehead atoms. The fourth-order valence-corrected chi connectivity index (χ4v) is 4.68. The van der Waals surface area contributed by atoms with E-state index < -0.39 is 5.82 Å². The first-order valence-corrected chi connectivity index (χ1v) is 12.0. The number of anilines is 3. The topological polar surface area (TPSA) is 68.7 Å². The van der Waals surface area contributed by atoms with E-state index in [0.717, 1.165) is 63.0 Å². The van der Waals surface area contributed by atoms with Crippen LogP contribution < -0.4 is 15.0 Å². The highest BCUT2D eigenvalue weighted by molar-refractivity contribution is 5.59. The number of hydrogen-bond donors (Lipinski definition) is 1. The highest BCUT2D eigenvalue weighted by atomic mass is 19.1. The molecule has 1 aromatic heterocycles. The van der Waals surface area contributed by atoms with Crippen molar-refractivity contribution < 1.29 is 18.6 Å². The predicted octanol–water partition coefficient (Wildman–Crippen LogP) is 4.95. The molecule has 2 fully saturated rings. The molecule has 4 rings (SSSR count). The van der Waals surface area contributed by atoms with Crippen LogP contribution in [0.2, 0.25) is 0 Å². The van der Waals surface area contributed by atoms with Gasteiger partial charge in [-0.15, -0.1) is 0 Å². The first kappa shape index (κ1) is 23.7. The molecule has 1 saturated carbocycles. The lowest BCUT2D eigenvalue weighted by molar-refractivity contribution is -0.00521. The molecule has 2 aliphatic rings. The fourth-order valence-electron chi connectivity index (χ4n) is 4.68. The van der Waals surface area contributed by atoms with E-state index >= 15 is 0 Å². The van der Waals surface area contributed by atoms with E-state index in [0.29, 0.717) is 24.6 Å². The number of aromatic nitrogens is 2. The lowest BCUT2D eigenvalue weighted by Gasteiger charge is -2.36. The van der Waals surface area contributed by atoms with Crippen LogP contribution in [0, 0.1) is 11.7 Å². The van der Waals surface area contributed by atoms with Crippen LogP contribution in [0.1, 0.15) is 46.5 Å². The van der Waals surface area contributed by atoms with Gasteiger partial charge in [0.25, 0.3) is 5.88 Å². The summed E-state index contributed by atoms with van der Waals surface area (Å²) in [4.78, 5) is 10.7. The van der Waals surface area contributed by atoms with Crippen LogP contribution in [0.4, 0.5) is 21.7 Å². The Morgan fingerprint density at radius 2 is 1.79 bits per heavy atom. The monoisotopic (exact) mass is 458 g/mol. The third-order valence-electron chi connectivity index (χ3n) is 6.27. The Kier molecular flexibility index (Phi) is 7.98. The Labute approximate surface area is 195 Å². The predicted molar refractivity (Wildman–Crippen MR) is 127 cm³/mol. The maximum Gasteiger partial charge on any atom is 0.255 e. The minimum absolute atomic E-state index is 0.00709. The summed E-state index contributed by atoms with van der Waals surface area (Å²) in [6.07, 6.45) is 6.01. The summed E-state index contributed by atoms with van der Waals surface area (Å²) in [5.41, 5.74) is 1.98. The number of halogens is 1. The molecule has 1 aromatic carbocycles. The normalized spacial score (nSPS) is 25.6. The number of morpholine rings is 1. The van der Waals surface area contributed by atoms with Crippen LogP contribution in [-0.4, -0.2) is 54.6 Å². The van der Waals surface area contributed by atoms with Crippen LogP contribution >= 0.6 is 0 Å². The molecule has 8 heteroatoms. The quantitative estimate of drug-likeness (QED) is 0.600. The molecule has 1 aliphatic carbocycles. The standard InChI is InChI=1S/C25H35FN4O3/c1-4-31-22-11-5-19(6-12-22)16-32-24-23(26)13-27-25(29-24)28-20-7-9-21(10-8-20)30-14-17(2)33-18(3)15-30/h7-10,13,17-19,22H,4-6,11-12,14-16H2,1-3H3,(H,27,28,29)/t17-,18+,19?,22?. The summed E-state index contributed by atoms with van der Waals surface area (Å²) in [5, 5.41) is 3.15. The van der Waals surface area contributed by atoms with Crippen molar-refractivity contribution in [3.8, 4) is 5.88 Å². The molecule has 0 unspecified atom stereocenters. The second-order valence-electron chi connectivity index (χ2n) is 9.09. The van der Waals surface area contributed by atoms with Crippen molar-refractivity contribution in [2.75, 3.05) is 36.5 Å². The van der Waals surface area contributed by atoms with Gasteiger partial charge in [0.1, 0.15) is 0 Å². The average molecular weight is 459 g/mol. The van der Waals surface area contributed by atoms with Crippen LogP contribution in [0.25, 0.3) is 0 Å². The summed E-state index contributed by atoms with van der Waals surface area (Å²) in [6, 6.07) is 8.08. The number of nitrogens with zero attached hydrogens (tertiary/aromatic N) is 3. The van der Waals surface area contributed by atoms with Crippen molar-refractivity contribution in [2.45, 2.75) is 64.8 Å². The van der Waals surface area contributed by atoms with Crippen molar-refractivity contribution in [3.63, 3.8) is 0 Å². The second-order valence-corrected chi connectivity index (χ2v) is 9.09. The van der Waals surface area contributed by atoms with Gasteiger partial charge in [-0.2, -0.15) is 9.37 Å². The van der Waals surface area contributed by atoms with Gasteiger partial charge >= 0.3 is 0 Å². The van der Waals surface area contributed by atoms with Gasteiger partial charge in [-0.25, -0.2) is 4.98 Å². The van der Waals surface area contributed by atoms with E-state index in [2.05, 4.69) is 46.2 Å². The minimum atomic E-state index is -0.547. The zero-order chi connectivity index (χ0) is 23.2. The number of hydrogen-bond acceptors (Lipinski definition) is 7. The highest BCUT2D eigenvalue weighted by Gasteiger charge is 2.23. The number of nitrogens with one attached hydrogen (secondary N) is 1. The molecule has 1 aliphatic heterocycles. The van der Waals surface area contributed by atoms with Gasteiger partial charge in [0, 0.05) is 31.1 Å². The maximum atomic E-state index is 14.2. The van der Waals surface area contributed by atoms with Crippen molar-refractivity contribution in [3.05, 3.63) is 36.3 Å². The lowest BCUT2D eigenvalue weighted by atomic mass is 9.88. The third-order valence-corrected chi connectivity index (χ3v) is 6.27. The van der Waals surface area contributed by atoms with E-state index in [9.17, 15) is 4.39 Å². The van der Waals surface area contributed by atoms with Gasteiger partial charge in [0.15, 0.2) is 0 Å². The van der Waals surface area contributed by atoms with Gasteiger partial charge in [-0.1, -0.05) is 0 Å². The lowest BCUT2D eigenvalue weighted by Crippen LogP contribution is -2.45. The fraction of sp³-hybridized carbons (Fsp3) is 0.600. The first-order valence-electron chi connectivity index (χ1n) is 12.0. The molecule has 0 amide bonds. The SMILES string of the molecule is CCOC1CCC(COc2nc(Nc3ccc(N4C[C@@H](C)O[C@@H](C)C4)cc3)ncc2F)CC1. The molecule has 2 heterocycles. The zero-order valence-corrected chi connectivity index (χ0v) is 19.8. The van der Waals surface area contributed by atoms with Crippen LogP contribution in [-0.2, 0) is 9.47 Å². The summed E-state index contributed by atoms with van der Waals surface area (Å²) in [6.45, 7) is 9.15. The van der Waals surface area contributed by atoms with E-state index in [1.165, 1.54) is 0 Å². The maximum absolute atomic E-state index is 14.2. The minimum Gasteiger partial charge on any atom is -0.475 e. The Hall–Kier alpha value is -2.45. The molecule has 180 valence electrons. The molecule has 7 nitrogen and oxygen atoms in total. The van der Waals surface area contributed by atoms with Crippen molar-refractivity contribution in [1.29, 1.82) is 0 Å². The molecule has 0 spiro atoms. The molecule has 1 saturated heterocycles. The highest BCUT2D eigenvalue weighted by Crippen LogP contribution is 2.28. The summed E-state index contributed by atoms with van der Waals surface area (Å²) < 4.78 is 31.5. The van der Waals surface area contributed by atoms with Crippen molar-refractivity contribution in [1.82, 2.24) is 9.97 Å². The zero-order valence-electron chi connectivity index (χ0n) is 19.8. The van der Waals surface area contributed by atoms with Gasteiger partial charge in [-0.3, -0.25) is 0 Å². The molecule has 1 N–H and O–H groups in total. The van der Waals surface area contributed by atoms with E-state index in [-0.39, 0.29) is 18.1 Å². The number of rotatable bonds is 8. The first-order chi connectivity index (χ1) is 16.0. The summed E-state index contributed by atoms with van der Waals surface area (Å²) in [7, 11) is 0. The molecule has 2 aromatic rings. The Balaban J connectivity index is 1.32. The van der Waals surface area contributed by atoms with Crippen LogP contribution in [0.3, 0.4) is 0 Å². The third kappa shape index (κ3) is 6.54. The summed E-state index contributed by atoms with van der Waals surface area (Å²) in [5.74, 6) is 0.153. The average Bonchev–Trinajstić information content (AvgIpc) is 2.80. The van der Waals surface area contributed by atoms with E-state index in [1.54, 1.807) is 0 Å². The Morgan fingerprint density at radius 1 is 1.09 bits per heavy atom. The van der Waals surface area contributed by atoms with Gasteiger partial charge < -0.3 is 24.4 Å². The number of benzene rings is 1. The molecule has 33 heavy (non-hydrogen) atoms. The second kappa shape index (κ2) is 11.1. The van der Waals surface area contributed by atoms with Crippen molar-refractivity contribution in [2.24, 2.45) is 5.92 Å². The van der Waals surface area contributed by atoms with E-state index in [4.69, 9.17) is 14.2 Å². The van der Waals surface area contributed by atoms with Crippen LogP contribution in [0.15, 0.2) is 30.5 Å². The summed E-state index contributed by atoms with van der Waals surface area (Å²) >= 11 is 0. The van der Waals surface area contributed by atoms with Crippen molar-refractivity contribution >= 4 is 17.3 Å². The Bertz CT molecular complexity index is 880. The smallest absolute Gasteiger partial charge is 0.255 e. The molecular weight excluding hydrogens is 423 g/mol. The molecule has 2 atom stereocenters. The molecule has 0 radical (unpaired) electrons. The van der Waals surface area contributed by atoms with Gasteiger partial charge in [0.2, 0.25) is 11.8 Å². The van der Waals surface area contributed by atoms with Crippen LogP contribution in [0.5, 0.6) is 5.88 Å².